The molecule has 0 radical (unpaired) electrons. The Labute approximate surface area is 88.1 Å². The number of aromatic nitrogens is 3. The second-order valence-electron chi connectivity index (χ2n) is 3.15. The molecule has 6 nitrogen and oxygen atoms in total. The van der Waals surface area contributed by atoms with Crippen molar-refractivity contribution in [1.82, 2.24) is 20.3 Å². The molecule has 0 saturated carbocycles. The van der Waals surface area contributed by atoms with Crippen molar-refractivity contribution in [2.24, 2.45) is 5.73 Å². The van der Waals surface area contributed by atoms with Crippen LogP contribution in [0.15, 0.2) is 18.9 Å². The van der Waals surface area contributed by atoms with E-state index in [9.17, 15) is 4.79 Å². The van der Waals surface area contributed by atoms with Crippen LogP contribution in [0.3, 0.4) is 0 Å². The van der Waals surface area contributed by atoms with E-state index in [1.54, 1.807) is 12.3 Å². The minimum absolute atomic E-state index is 0.0860. The zero-order valence-electron chi connectivity index (χ0n) is 8.68. The van der Waals surface area contributed by atoms with E-state index in [1.807, 2.05) is 6.92 Å². The molecular weight excluding hydrogens is 194 g/mol. The van der Waals surface area contributed by atoms with Gasteiger partial charge in [-0.2, -0.15) is 0 Å². The Morgan fingerprint density at radius 1 is 1.87 bits per heavy atom. The van der Waals surface area contributed by atoms with Gasteiger partial charge in [-0.05, 0) is 6.92 Å². The molecule has 0 fully saturated rings. The summed E-state index contributed by atoms with van der Waals surface area (Å²) in [5, 5.41) is 10.2. The Morgan fingerprint density at radius 2 is 2.60 bits per heavy atom. The van der Waals surface area contributed by atoms with E-state index >= 15 is 0 Å². The van der Waals surface area contributed by atoms with E-state index in [-0.39, 0.29) is 17.6 Å². The third-order valence-corrected chi connectivity index (χ3v) is 1.84. The molecule has 1 heterocycles. The second-order valence-corrected chi connectivity index (χ2v) is 3.15. The minimum Gasteiger partial charge on any atom is -0.345 e. The van der Waals surface area contributed by atoms with Crippen LogP contribution in [-0.2, 0) is 6.54 Å². The van der Waals surface area contributed by atoms with Crippen LogP contribution in [0.25, 0.3) is 0 Å². The van der Waals surface area contributed by atoms with E-state index in [2.05, 4.69) is 22.2 Å². The summed E-state index contributed by atoms with van der Waals surface area (Å²) in [5.74, 6) is -0.259. The van der Waals surface area contributed by atoms with Gasteiger partial charge in [0, 0.05) is 12.6 Å². The molecule has 0 aliphatic carbocycles. The molecule has 1 aromatic rings. The molecule has 0 saturated heterocycles. The molecule has 0 bridgehead atoms. The maximum atomic E-state index is 11.5. The SMILES string of the molecule is C=CC(C)NC(=O)c1cn(CCN)nn1. The second kappa shape index (κ2) is 5.26. The number of hydrogen-bond acceptors (Lipinski definition) is 4. The van der Waals surface area contributed by atoms with Gasteiger partial charge in [-0.25, -0.2) is 0 Å². The van der Waals surface area contributed by atoms with E-state index in [0.717, 1.165) is 0 Å². The molecule has 6 heteroatoms. The van der Waals surface area contributed by atoms with Gasteiger partial charge in [-0.1, -0.05) is 11.3 Å². The lowest BCUT2D eigenvalue weighted by Crippen LogP contribution is -2.31. The highest BCUT2D eigenvalue weighted by molar-refractivity contribution is 5.92. The van der Waals surface area contributed by atoms with Crippen molar-refractivity contribution in [3.8, 4) is 0 Å². The number of nitrogens with one attached hydrogen (secondary N) is 1. The summed E-state index contributed by atoms with van der Waals surface area (Å²) in [6.45, 7) is 6.42. The lowest BCUT2D eigenvalue weighted by molar-refractivity contribution is 0.0942. The largest absolute Gasteiger partial charge is 0.345 e. The van der Waals surface area contributed by atoms with Gasteiger partial charge in [0.25, 0.3) is 5.91 Å². The van der Waals surface area contributed by atoms with Gasteiger partial charge >= 0.3 is 0 Å². The van der Waals surface area contributed by atoms with Crippen molar-refractivity contribution in [2.75, 3.05) is 6.54 Å². The summed E-state index contributed by atoms with van der Waals surface area (Å²) in [6.07, 6.45) is 3.21. The molecule has 0 aliphatic rings. The standard InChI is InChI=1S/C9H15N5O/c1-3-7(2)11-9(15)8-6-14(5-4-10)13-12-8/h3,6-7H,1,4-5,10H2,2H3,(H,11,15). The first kappa shape index (κ1) is 11.4. The van der Waals surface area contributed by atoms with Crippen molar-refractivity contribution in [1.29, 1.82) is 0 Å². The van der Waals surface area contributed by atoms with Gasteiger partial charge in [0.1, 0.15) is 0 Å². The molecule has 0 aliphatic heterocycles. The van der Waals surface area contributed by atoms with Gasteiger partial charge in [-0.15, -0.1) is 11.7 Å². The summed E-state index contributed by atoms with van der Waals surface area (Å²) < 4.78 is 1.54. The fraction of sp³-hybridized carbons (Fsp3) is 0.444. The fourth-order valence-corrected chi connectivity index (χ4v) is 0.984. The first-order valence-corrected chi connectivity index (χ1v) is 4.71. The highest BCUT2D eigenvalue weighted by Crippen LogP contribution is 1.94. The number of hydrogen-bond donors (Lipinski definition) is 2. The molecule has 0 aromatic carbocycles. The van der Waals surface area contributed by atoms with Gasteiger partial charge in [-0.3, -0.25) is 9.48 Å². The van der Waals surface area contributed by atoms with Crippen LogP contribution in [0.5, 0.6) is 0 Å². The van der Waals surface area contributed by atoms with Crippen molar-refractivity contribution in [3.63, 3.8) is 0 Å². The Kier molecular flexibility index (Phi) is 3.99. The molecule has 15 heavy (non-hydrogen) atoms. The summed E-state index contributed by atoms with van der Waals surface area (Å²) in [7, 11) is 0. The number of amides is 1. The number of nitrogens with zero attached hydrogens (tertiary/aromatic N) is 3. The highest BCUT2D eigenvalue weighted by Gasteiger charge is 2.11. The van der Waals surface area contributed by atoms with Crippen LogP contribution < -0.4 is 11.1 Å². The van der Waals surface area contributed by atoms with Crippen LogP contribution >= 0.6 is 0 Å². The Hall–Kier alpha value is -1.69. The van der Waals surface area contributed by atoms with E-state index in [1.165, 1.54) is 4.68 Å². The summed E-state index contributed by atoms with van der Waals surface area (Å²) in [6, 6.07) is -0.0860. The first-order valence-electron chi connectivity index (χ1n) is 4.71. The zero-order valence-corrected chi connectivity index (χ0v) is 8.68. The van der Waals surface area contributed by atoms with Gasteiger partial charge < -0.3 is 11.1 Å². The normalized spacial score (nSPS) is 12.1. The molecule has 1 rings (SSSR count). The number of nitrogens with two attached hydrogens (primary N) is 1. The van der Waals surface area contributed by atoms with Crippen molar-refractivity contribution in [2.45, 2.75) is 19.5 Å². The number of carbonyl (C=O) groups excluding carboxylic acids is 1. The van der Waals surface area contributed by atoms with E-state index < -0.39 is 0 Å². The quantitative estimate of drug-likeness (QED) is 0.643. The predicted octanol–water partition coefficient (Wildman–Crippen LogP) is -0.459. The molecule has 0 spiro atoms. The maximum Gasteiger partial charge on any atom is 0.273 e. The Balaban J connectivity index is 2.61. The Morgan fingerprint density at radius 3 is 3.20 bits per heavy atom. The van der Waals surface area contributed by atoms with Crippen molar-refractivity contribution in [3.05, 3.63) is 24.5 Å². The van der Waals surface area contributed by atoms with Gasteiger partial charge in [0.05, 0.1) is 12.7 Å². The average molecular weight is 209 g/mol. The average Bonchev–Trinajstić information content (AvgIpc) is 2.67. The van der Waals surface area contributed by atoms with Crippen LogP contribution in [0, 0.1) is 0 Å². The number of carbonyl (C=O) groups is 1. The van der Waals surface area contributed by atoms with Crippen molar-refractivity contribution < 1.29 is 4.79 Å². The van der Waals surface area contributed by atoms with Crippen molar-refractivity contribution >= 4 is 5.91 Å². The third kappa shape index (κ3) is 3.17. The number of rotatable bonds is 5. The molecule has 1 aromatic heterocycles. The summed E-state index contributed by atoms with van der Waals surface area (Å²) in [4.78, 5) is 11.5. The minimum atomic E-state index is -0.259. The van der Waals surface area contributed by atoms with Crippen LogP contribution in [0.1, 0.15) is 17.4 Å². The summed E-state index contributed by atoms with van der Waals surface area (Å²) >= 11 is 0. The lowest BCUT2D eigenvalue weighted by Gasteiger charge is -2.06. The Bertz CT molecular complexity index is 346. The molecule has 3 N–H and O–H groups in total. The third-order valence-electron chi connectivity index (χ3n) is 1.84. The highest BCUT2D eigenvalue weighted by atomic mass is 16.2. The molecule has 1 unspecified atom stereocenters. The van der Waals surface area contributed by atoms with Gasteiger partial charge in [0.15, 0.2) is 5.69 Å². The molecular formula is C9H15N5O. The van der Waals surface area contributed by atoms with Crippen LogP contribution in [-0.4, -0.2) is 33.5 Å². The topological polar surface area (TPSA) is 85.8 Å². The smallest absolute Gasteiger partial charge is 0.273 e. The summed E-state index contributed by atoms with van der Waals surface area (Å²) in [5.41, 5.74) is 5.63. The molecule has 82 valence electrons. The predicted molar refractivity (Wildman–Crippen MR) is 56.2 cm³/mol. The zero-order chi connectivity index (χ0) is 11.3. The van der Waals surface area contributed by atoms with E-state index in [0.29, 0.717) is 13.1 Å². The first-order chi connectivity index (χ1) is 7.17. The lowest BCUT2D eigenvalue weighted by atomic mass is 10.3. The monoisotopic (exact) mass is 209 g/mol. The fourth-order valence-electron chi connectivity index (χ4n) is 0.984. The van der Waals surface area contributed by atoms with E-state index in [4.69, 9.17) is 5.73 Å². The molecule has 1 atom stereocenters. The van der Waals surface area contributed by atoms with Crippen LogP contribution in [0.4, 0.5) is 0 Å². The van der Waals surface area contributed by atoms with Crippen LogP contribution in [0.2, 0.25) is 0 Å². The maximum absolute atomic E-state index is 11.5. The van der Waals surface area contributed by atoms with Gasteiger partial charge in [0.2, 0.25) is 0 Å². The molecule has 1 amide bonds.